The van der Waals surface area contributed by atoms with Crippen molar-refractivity contribution in [3.05, 3.63) is 22.5 Å². The fraction of sp³-hybridized carbons (Fsp3) is 0.562. The van der Waals surface area contributed by atoms with E-state index < -0.39 is 0 Å². The molecule has 8 heteroatoms. The number of carbonyl (C=O) groups is 1. The van der Waals surface area contributed by atoms with E-state index in [9.17, 15) is 4.79 Å². The van der Waals surface area contributed by atoms with Crippen molar-refractivity contribution in [3.8, 4) is 5.88 Å². The van der Waals surface area contributed by atoms with Crippen molar-refractivity contribution in [1.82, 2.24) is 19.1 Å². The lowest BCUT2D eigenvalue weighted by molar-refractivity contribution is 0.0734. The van der Waals surface area contributed by atoms with Gasteiger partial charge in [-0.2, -0.15) is 9.47 Å². The van der Waals surface area contributed by atoms with E-state index in [4.69, 9.17) is 4.74 Å². The molecule has 7 nitrogen and oxygen atoms in total. The van der Waals surface area contributed by atoms with Gasteiger partial charge < -0.3 is 15.0 Å². The van der Waals surface area contributed by atoms with Crippen LogP contribution in [0.2, 0.25) is 0 Å². The van der Waals surface area contributed by atoms with Gasteiger partial charge in [-0.1, -0.05) is 0 Å². The highest BCUT2D eigenvalue weighted by atomic mass is 32.1. The van der Waals surface area contributed by atoms with Gasteiger partial charge in [0.25, 0.3) is 5.91 Å². The molecule has 1 N–H and O–H groups in total. The molecule has 1 amide bonds. The highest BCUT2D eigenvalue weighted by molar-refractivity contribution is 7.10. The predicted octanol–water partition coefficient (Wildman–Crippen LogP) is 2.52. The summed E-state index contributed by atoms with van der Waals surface area (Å²) in [7, 11) is 5.33. The number of hydrogen-bond acceptors (Lipinski definition) is 6. The summed E-state index contributed by atoms with van der Waals surface area (Å²) in [4.78, 5) is 15.1. The maximum Gasteiger partial charge on any atom is 0.259 e. The highest BCUT2D eigenvalue weighted by Crippen LogP contribution is 2.40. The van der Waals surface area contributed by atoms with Crippen LogP contribution in [0.1, 0.15) is 46.2 Å². The van der Waals surface area contributed by atoms with Gasteiger partial charge in [0.1, 0.15) is 5.00 Å². The van der Waals surface area contributed by atoms with Gasteiger partial charge in [0, 0.05) is 20.6 Å². The van der Waals surface area contributed by atoms with E-state index in [1.54, 1.807) is 11.8 Å². The molecular weight excluding hydrogens is 326 g/mol. The SMILES string of the molecule is CNc1snc(C)c1C(=O)N1CCC[C@@H]1c1c(C)nn(C)c1OC. The van der Waals surface area contributed by atoms with E-state index in [-0.39, 0.29) is 11.9 Å². The smallest absolute Gasteiger partial charge is 0.259 e. The molecule has 3 heterocycles. The average molecular weight is 349 g/mol. The third kappa shape index (κ3) is 2.54. The summed E-state index contributed by atoms with van der Waals surface area (Å²) in [6, 6.07) is -0.00911. The molecule has 0 spiro atoms. The second kappa shape index (κ2) is 6.43. The quantitative estimate of drug-likeness (QED) is 0.918. The number of hydrogen-bond donors (Lipinski definition) is 1. The van der Waals surface area contributed by atoms with Crippen LogP contribution in [0.15, 0.2) is 0 Å². The first-order valence-corrected chi connectivity index (χ1v) is 8.79. The first-order valence-electron chi connectivity index (χ1n) is 8.02. The highest BCUT2D eigenvalue weighted by Gasteiger charge is 2.37. The second-order valence-corrected chi connectivity index (χ2v) is 6.78. The molecule has 3 rings (SSSR count). The molecule has 1 fully saturated rings. The van der Waals surface area contributed by atoms with Gasteiger partial charge in [-0.05, 0) is 38.2 Å². The number of aryl methyl sites for hydroxylation is 3. The molecule has 1 atom stereocenters. The van der Waals surface area contributed by atoms with Crippen molar-refractivity contribution in [1.29, 1.82) is 0 Å². The number of ether oxygens (including phenoxy) is 1. The van der Waals surface area contributed by atoms with Crippen molar-refractivity contribution in [3.63, 3.8) is 0 Å². The van der Waals surface area contributed by atoms with Gasteiger partial charge in [-0.3, -0.25) is 4.79 Å². The zero-order chi connectivity index (χ0) is 17.4. The van der Waals surface area contributed by atoms with E-state index in [0.717, 1.165) is 47.2 Å². The topological polar surface area (TPSA) is 72.3 Å². The van der Waals surface area contributed by atoms with E-state index in [1.807, 2.05) is 32.8 Å². The summed E-state index contributed by atoms with van der Waals surface area (Å²) in [5.74, 6) is 0.754. The number of anilines is 1. The van der Waals surface area contributed by atoms with Crippen molar-refractivity contribution in [2.45, 2.75) is 32.7 Å². The Morgan fingerprint density at radius 1 is 1.38 bits per heavy atom. The molecule has 0 saturated carbocycles. The lowest BCUT2D eigenvalue weighted by Crippen LogP contribution is -2.31. The lowest BCUT2D eigenvalue weighted by atomic mass is 10.0. The van der Waals surface area contributed by atoms with Crippen LogP contribution < -0.4 is 10.1 Å². The van der Waals surface area contributed by atoms with Crippen molar-refractivity contribution < 1.29 is 9.53 Å². The van der Waals surface area contributed by atoms with E-state index in [2.05, 4.69) is 14.8 Å². The Labute approximate surface area is 145 Å². The number of nitrogens with zero attached hydrogens (tertiary/aromatic N) is 4. The minimum Gasteiger partial charge on any atom is -0.481 e. The van der Waals surface area contributed by atoms with E-state index >= 15 is 0 Å². The Hall–Kier alpha value is -2.09. The normalized spacial score (nSPS) is 17.4. The number of aromatic nitrogens is 3. The van der Waals surface area contributed by atoms with E-state index in [0.29, 0.717) is 5.56 Å². The summed E-state index contributed by atoms with van der Waals surface area (Å²) in [6.45, 7) is 4.58. The van der Waals surface area contributed by atoms with Gasteiger partial charge in [0.15, 0.2) is 0 Å². The molecule has 0 unspecified atom stereocenters. The van der Waals surface area contributed by atoms with Crippen LogP contribution in [-0.2, 0) is 7.05 Å². The van der Waals surface area contributed by atoms with Gasteiger partial charge in [-0.25, -0.2) is 4.68 Å². The summed E-state index contributed by atoms with van der Waals surface area (Å²) in [6.07, 6.45) is 1.89. The zero-order valence-corrected chi connectivity index (χ0v) is 15.5. The predicted molar refractivity (Wildman–Crippen MR) is 93.9 cm³/mol. The monoisotopic (exact) mass is 349 g/mol. The molecule has 1 aliphatic heterocycles. The molecule has 2 aromatic rings. The van der Waals surface area contributed by atoms with Crippen LogP contribution in [-0.4, -0.2) is 45.7 Å². The molecule has 0 aliphatic carbocycles. The summed E-state index contributed by atoms with van der Waals surface area (Å²) in [5.41, 5.74) is 3.37. The third-order valence-corrected chi connectivity index (χ3v) is 5.51. The maximum absolute atomic E-state index is 13.2. The largest absolute Gasteiger partial charge is 0.481 e. The minimum absolute atomic E-state index is 0.00911. The first-order chi connectivity index (χ1) is 11.5. The second-order valence-electron chi connectivity index (χ2n) is 6.01. The number of nitrogens with one attached hydrogen (secondary N) is 1. The molecule has 0 bridgehead atoms. The summed E-state index contributed by atoms with van der Waals surface area (Å²) >= 11 is 1.33. The maximum atomic E-state index is 13.2. The van der Waals surface area contributed by atoms with Crippen LogP contribution in [0.3, 0.4) is 0 Å². The Morgan fingerprint density at radius 2 is 2.12 bits per heavy atom. The first kappa shape index (κ1) is 16.8. The fourth-order valence-corrected chi connectivity index (χ4v) is 4.26. The van der Waals surface area contributed by atoms with Crippen LogP contribution in [0, 0.1) is 13.8 Å². The average Bonchev–Trinajstić information content (AvgIpc) is 3.23. The van der Waals surface area contributed by atoms with Crippen LogP contribution in [0.5, 0.6) is 5.88 Å². The fourth-order valence-electron chi connectivity index (χ4n) is 3.52. The standard InChI is InChI=1S/C16H23N5O2S/c1-9-12(16(23-5)20(4)18-9)11-7-6-8-21(11)15(22)13-10(2)19-24-14(13)17-3/h11,17H,6-8H2,1-5H3/t11-/m1/s1. The zero-order valence-electron chi connectivity index (χ0n) is 14.7. The summed E-state index contributed by atoms with van der Waals surface area (Å²) < 4.78 is 11.6. The number of rotatable bonds is 4. The molecule has 0 aromatic carbocycles. The van der Waals surface area contributed by atoms with Crippen molar-refractivity contribution >= 4 is 22.4 Å². The number of carbonyl (C=O) groups excluding carboxylic acids is 1. The summed E-state index contributed by atoms with van der Waals surface area (Å²) in [5, 5.41) is 8.36. The Kier molecular flexibility index (Phi) is 4.49. The number of likely N-dealkylation sites (tertiary alicyclic amines) is 1. The van der Waals surface area contributed by atoms with Gasteiger partial charge >= 0.3 is 0 Å². The van der Waals surface area contributed by atoms with Crippen LogP contribution >= 0.6 is 11.5 Å². The third-order valence-electron chi connectivity index (χ3n) is 4.56. The minimum atomic E-state index is -0.00911. The molecule has 2 aromatic heterocycles. The number of methoxy groups -OCH3 is 1. The van der Waals surface area contributed by atoms with Gasteiger partial charge in [0.2, 0.25) is 5.88 Å². The molecule has 24 heavy (non-hydrogen) atoms. The van der Waals surface area contributed by atoms with Gasteiger partial charge in [-0.15, -0.1) is 0 Å². The Bertz CT molecular complexity index is 767. The molecule has 1 aliphatic rings. The van der Waals surface area contributed by atoms with Crippen molar-refractivity contribution in [2.75, 3.05) is 26.0 Å². The molecule has 130 valence electrons. The molecule has 0 radical (unpaired) electrons. The number of amides is 1. The van der Waals surface area contributed by atoms with Crippen LogP contribution in [0.4, 0.5) is 5.00 Å². The Morgan fingerprint density at radius 3 is 2.79 bits per heavy atom. The molecular formula is C16H23N5O2S. The lowest BCUT2D eigenvalue weighted by Gasteiger charge is -2.25. The van der Waals surface area contributed by atoms with Crippen LogP contribution in [0.25, 0.3) is 0 Å². The van der Waals surface area contributed by atoms with Gasteiger partial charge in [0.05, 0.1) is 35.7 Å². The Balaban J connectivity index is 2.00. The van der Waals surface area contributed by atoms with E-state index in [1.165, 1.54) is 11.5 Å². The molecule has 1 saturated heterocycles. The van der Waals surface area contributed by atoms with Crippen molar-refractivity contribution in [2.24, 2.45) is 7.05 Å².